The number of ketones is 1. The van der Waals surface area contributed by atoms with Crippen molar-refractivity contribution in [1.29, 1.82) is 0 Å². The highest BCUT2D eigenvalue weighted by molar-refractivity contribution is 6.10. The Morgan fingerprint density at radius 2 is 1.67 bits per heavy atom. The molecule has 64 valence electrons. The first-order valence-corrected chi connectivity index (χ1v) is 4.72. The Hall–Kier alpha value is -0.850. The molecule has 0 atom stereocenters. The molecule has 0 N–H and O–H groups in total. The van der Waals surface area contributed by atoms with Crippen LogP contribution in [-0.2, 0) is 4.79 Å². The lowest BCUT2D eigenvalue weighted by Gasteiger charge is -1.99. The van der Waals surface area contributed by atoms with Gasteiger partial charge in [-0.1, -0.05) is 12.2 Å². The van der Waals surface area contributed by atoms with Crippen LogP contribution in [0.15, 0.2) is 23.3 Å². The van der Waals surface area contributed by atoms with E-state index in [1.54, 1.807) is 0 Å². The summed E-state index contributed by atoms with van der Waals surface area (Å²) in [5.74, 6) is 0.256. The summed E-state index contributed by atoms with van der Waals surface area (Å²) in [7, 11) is 0. The molecule has 0 spiro atoms. The quantitative estimate of drug-likeness (QED) is 0.500. The van der Waals surface area contributed by atoms with Crippen LogP contribution in [0.4, 0.5) is 0 Å². The van der Waals surface area contributed by atoms with Gasteiger partial charge in [-0.3, -0.25) is 4.79 Å². The van der Waals surface area contributed by atoms with E-state index in [0.29, 0.717) is 0 Å². The second-order valence-electron chi connectivity index (χ2n) is 3.72. The molecule has 0 saturated heterocycles. The molecule has 0 aromatic rings. The van der Waals surface area contributed by atoms with E-state index in [1.165, 1.54) is 18.4 Å². The second kappa shape index (κ2) is 2.89. The first kappa shape index (κ1) is 7.78. The van der Waals surface area contributed by atoms with Gasteiger partial charge in [0.2, 0.25) is 0 Å². The standard InChI is InChI=1S/C11H14O/c1-8-6-7-10(11(8)12)9-4-2-3-5-9/h1-7H2. The summed E-state index contributed by atoms with van der Waals surface area (Å²) in [6.45, 7) is 3.77. The van der Waals surface area contributed by atoms with E-state index in [1.807, 2.05) is 0 Å². The highest BCUT2D eigenvalue weighted by Gasteiger charge is 2.25. The minimum atomic E-state index is 0.256. The van der Waals surface area contributed by atoms with Gasteiger partial charge < -0.3 is 0 Å². The number of hydrogen-bond acceptors (Lipinski definition) is 1. The van der Waals surface area contributed by atoms with E-state index in [9.17, 15) is 4.79 Å². The Morgan fingerprint density at radius 3 is 2.17 bits per heavy atom. The first-order valence-electron chi connectivity index (χ1n) is 4.72. The molecule has 2 saturated carbocycles. The molecule has 0 aliphatic heterocycles. The van der Waals surface area contributed by atoms with E-state index in [2.05, 4.69) is 6.58 Å². The largest absolute Gasteiger partial charge is 0.289 e. The van der Waals surface area contributed by atoms with Gasteiger partial charge in [0.05, 0.1) is 0 Å². The zero-order chi connectivity index (χ0) is 8.55. The number of rotatable bonds is 0. The van der Waals surface area contributed by atoms with Crippen molar-refractivity contribution in [3.63, 3.8) is 0 Å². The van der Waals surface area contributed by atoms with Crippen molar-refractivity contribution < 1.29 is 4.79 Å². The summed E-state index contributed by atoms with van der Waals surface area (Å²) in [5, 5.41) is 0. The van der Waals surface area contributed by atoms with Crippen LogP contribution in [0.1, 0.15) is 38.5 Å². The third-order valence-electron chi connectivity index (χ3n) is 2.91. The van der Waals surface area contributed by atoms with Crippen molar-refractivity contribution in [3.05, 3.63) is 23.3 Å². The van der Waals surface area contributed by atoms with Crippen LogP contribution in [0.25, 0.3) is 0 Å². The molecule has 2 aliphatic carbocycles. The molecule has 2 aliphatic rings. The third-order valence-corrected chi connectivity index (χ3v) is 2.91. The predicted octanol–water partition coefficient (Wildman–Crippen LogP) is 2.78. The smallest absolute Gasteiger partial charge is 0.184 e. The van der Waals surface area contributed by atoms with Gasteiger partial charge in [0, 0.05) is 0 Å². The Labute approximate surface area is 73.2 Å². The van der Waals surface area contributed by atoms with Gasteiger partial charge in [-0.15, -0.1) is 0 Å². The predicted molar refractivity (Wildman–Crippen MR) is 48.9 cm³/mol. The van der Waals surface area contributed by atoms with Crippen LogP contribution >= 0.6 is 0 Å². The van der Waals surface area contributed by atoms with E-state index >= 15 is 0 Å². The Balaban J connectivity index is 2.29. The second-order valence-corrected chi connectivity index (χ2v) is 3.72. The molecule has 0 aromatic heterocycles. The molecule has 2 fully saturated rings. The summed E-state index contributed by atoms with van der Waals surface area (Å²) in [6.07, 6.45) is 6.74. The maximum absolute atomic E-state index is 11.5. The lowest BCUT2D eigenvalue weighted by molar-refractivity contribution is -0.111. The Kier molecular flexibility index (Phi) is 1.87. The van der Waals surface area contributed by atoms with Gasteiger partial charge >= 0.3 is 0 Å². The molecule has 2 rings (SSSR count). The van der Waals surface area contributed by atoms with E-state index < -0.39 is 0 Å². The Morgan fingerprint density at radius 1 is 1.00 bits per heavy atom. The molecule has 0 aromatic carbocycles. The topological polar surface area (TPSA) is 17.1 Å². The number of carbonyl (C=O) groups is 1. The molecule has 0 radical (unpaired) electrons. The van der Waals surface area contributed by atoms with Crippen LogP contribution < -0.4 is 0 Å². The lowest BCUT2D eigenvalue weighted by atomic mass is 10.0. The van der Waals surface area contributed by atoms with E-state index in [0.717, 1.165) is 36.8 Å². The lowest BCUT2D eigenvalue weighted by Crippen LogP contribution is -1.97. The minimum absolute atomic E-state index is 0.256. The van der Waals surface area contributed by atoms with E-state index in [-0.39, 0.29) is 5.78 Å². The number of allylic oxidation sites excluding steroid dienone is 3. The highest BCUT2D eigenvalue weighted by atomic mass is 16.1. The molecule has 0 heterocycles. The molecule has 12 heavy (non-hydrogen) atoms. The fourth-order valence-electron chi connectivity index (χ4n) is 2.16. The molecule has 0 unspecified atom stereocenters. The number of carbonyl (C=O) groups excluding carboxylic acids is 1. The fraction of sp³-hybridized carbons (Fsp3) is 0.545. The maximum atomic E-state index is 11.5. The van der Waals surface area contributed by atoms with Crippen molar-refractivity contribution in [2.24, 2.45) is 0 Å². The molecular weight excluding hydrogens is 148 g/mol. The van der Waals surface area contributed by atoms with Crippen molar-refractivity contribution in [2.75, 3.05) is 0 Å². The average molecular weight is 162 g/mol. The summed E-state index contributed by atoms with van der Waals surface area (Å²) in [5.41, 5.74) is 3.36. The molecule has 1 heteroatoms. The summed E-state index contributed by atoms with van der Waals surface area (Å²) in [4.78, 5) is 11.5. The van der Waals surface area contributed by atoms with Crippen LogP contribution in [-0.4, -0.2) is 5.78 Å². The van der Waals surface area contributed by atoms with Crippen LogP contribution in [0.3, 0.4) is 0 Å². The van der Waals surface area contributed by atoms with Gasteiger partial charge in [-0.25, -0.2) is 0 Å². The average Bonchev–Trinajstić information content (AvgIpc) is 2.64. The van der Waals surface area contributed by atoms with Gasteiger partial charge in [0.1, 0.15) is 0 Å². The van der Waals surface area contributed by atoms with Crippen LogP contribution in [0.2, 0.25) is 0 Å². The van der Waals surface area contributed by atoms with Gasteiger partial charge in [-0.05, 0) is 49.7 Å². The maximum Gasteiger partial charge on any atom is 0.184 e. The minimum Gasteiger partial charge on any atom is -0.289 e. The van der Waals surface area contributed by atoms with Gasteiger partial charge in [0.15, 0.2) is 5.78 Å². The number of Topliss-reactive ketones (excluding diaryl/α,β-unsaturated/α-hetero) is 1. The summed E-state index contributed by atoms with van der Waals surface area (Å²) >= 11 is 0. The fourth-order valence-corrected chi connectivity index (χ4v) is 2.16. The van der Waals surface area contributed by atoms with Crippen molar-refractivity contribution in [1.82, 2.24) is 0 Å². The molecule has 0 amide bonds. The van der Waals surface area contributed by atoms with Crippen molar-refractivity contribution in [3.8, 4) is 0 Å². The molecule has 0 bridgehead atoms. The number of hydrogen-bond donors (Lipinski definition) is 0. The molecule has 1 nitrogen and oxygen atoms in total. The first-order chi connectivity index (χ1) is 5.79. The zero-order valence-corrected chi connectivity index (χ0v) is 7.36. The monoisotopic (exact) mass is 162 g/mol. The van der Waals surface area contributed by atoms with E-state index in [4.69, 9.17) is 0 Å². The van der Waals surface area contributed by atoms with Gasteiger partial charge in [-0.2, -0.15) is 0 Å². The summed E-state index contributed by atoms with van der Waals surface area (Å²) < 4.78 is 0. The SMILES string of the molecule is C=C1CCC(=C2CCCC2)C1=O. The Bertz CT molecular complexity index is 263. The van der Waals surface area contributed by atoms with Crippen LogP contribution in [0, 0.1) is 0 Å². The summed E-state index contributed by atoms with van der Waals surface area (Å²) in [6, 6.07) is 0. The third kappa shape index (κ3) is 1.13. The normalized spacial score (nSPS) is 24.3. The molecular formula is C11H14O. The zero-order valence-electron chi connectivity index (χ0n) is 7.36. The van der Waals surface area contributed by atoms with Gasteiger partial charge in [0.25, 0.3) is 0 Å². The highest BCUT2D eigenvalue weighted by Crippen LogP contribution is 2.34. The van der Waals surface area contributed by atoms with Crippen molar-refractivity contribution >= 4 is 5.78 Å². The van der Waals surface area contributed by atoms with Crippen LogP contribution in [0.5, 0.6) is 0 Å². The van der Waals surface area contributed by atoms with Crippen molar-refractivity contribution in [2.45, 2.75) is 38.5 Å².